The Kier molecular flexibility index (Phi) is 9.76. The lowest BCUT2D eigenvalue weighted by atomic mass is 9.85. The monoisotopic (exact) mass is 256 g/mol. The van der Waals surface area contributed by atoms with Crippen LogP contribution in [-0.2, 0) is 0 Å². The Morgan fingerprint density at radius 3 is 1.89 bits per heavy atom. The summed E-state index contributed by atoms with van der Waals surface area (Å²) in [6.07, 6.45) is 11.9. The lowest BCUT2D eigenvalue weighted by Gasteiger charge is -2.41. The zero-order valence-corrected chi connectivity index (χ0v) is 13.5. The van der Waals surface area contributed by atoms with E-state index in [1.807, 2.05) is 0 Å². The van der Waals surface area contributed by atoms with Crippen LogP contribution in [0.5, 0.6) is 0 Å². The molecule has 0 aliphatic carbocycles. The van der Waals surface area contributed by atoms with Crippen molar-refractivity contribution >= 4 is 0 Å². The van der Waals surface area contributed by atoms with E-state index in [4.69, 9.17) is 5.73 Å². The van der Waals surface area contributed by atoms with Gasteiger partial charge in [0, 0.05) is 11.6 Å². The molecule has 0 aromatic rings. The van der Waals surface area contributed by atoms with Gasteiger partial charge < -0.3 is 10.6 Å². The van der Waals surface area contributed by atoms with Crippen LogP contribution in [-0.4, -0.2) is 30.6 Å². The molecule has 0 aliphatic rings. The van der Waals surface area contributed by atoms with Crippen molar-refractivity contribution in [2.24, 2.45) is 5.73 Å². The molecule has 0 aromatic heterocycles. The average molecular weight is 256 g/mol. The van der Waals surface area contributed by atoms with Crippen molar-refractivity contribution in [1.29, 1.82) is 0 Å². The summed E-state index contributed by atoms with van der Waals surface area (Å²) in [5, 5.41) is 0. The minimum absolute atomic E-state index is 0.155. The first kappa shape index (κ1) is 17.9. The molecule has 0 radical (unpaired) electrons. The molecular formula is C16H36N2. The van der Waals surface area contributed by atoms with Crippen molar-refractivity contribution in [1.82, 2.24) is 4.90 Å². The van der Waals surface area contributed by atoms with Crippen LogP contribution in [0.4, 0.5) is 0 Å². The summed E-state index contributed by atoms with van der Waals surface area (Å²) in [5.74, 6) is 0. The highest BCUT2D eigenvalue weighted by molar-refractivity contribution is 4.91. The molecule has 0 spiro atoms. The minimum atomic E-state index is 0.155. The fraction of sp³-hybridized carbons (Fsp3) is 1.00. The minimum Gasteiger partial charge on any atom is -0.326 e. The maximum atomic E-state index is 6.38. The summed E-state index contributed by atoms with van der Waals surface area (Å²) < 4.78 is 0. The summed E-state index contributed by atoms with van der Waals surface area (Å²) in [6, 6.07) is 0.299. The fourth-order valence-corrected chi connectivity index (χ4v) is 2.54. The van der Waals surface area contributed by atoms with Gasteiger partial charge in [0.05, 0.1) is 0 Å². The molecule has 2 nitrogen and oxygen atoms in total. The molecule has 2 unspecified atom stereocenters. The van der Waals surface area contributed by atoms with Gasteiger partial charge in [0.2, 0.25) is 0 Å². The highest BCUT2D eigenvalue weighted by Crippen LogP contribution is 2.23. The van der Waals surface area contributed by atoms with Crippen LogP contribution in [0.3, 0.4) is 0 Å². The second-order valence-electron chi connectivity index (χ2n) is 6.12. The lowest BCUT2D eigenvalue weighted by Crippen LogP contribution is -2.54. The average Bonchev–Trinajstić information content (AvgIpc) is 2.36. The van der Waals surface area contributed by atoms with Crippen molar-refractivity contribution in [2.75, 3.05) is 14.1 Å². The third-order valence-corrected chi connectivity index (χ3v) is 4.65. The molecule has 18 heavy (non-hydrogen) atoms. The summed E-state index contributed by atoms with van der Waals surface area (Å²) in [6.45, 7) is 6.80. The van der Waals surface area contributed by atoms with Gasteiger partial charge in [0.25, 0.3) is 0 Å². The van der Waals surface area contributed by atoms with Crippen molar-refractivity contribution in [3.05, 3.63) is 0 Å². The number of hydrogen-bond donors (Lipinski definition) is 1. The van der Waals surface area contributed by atoms with Crippen molar-refractivity contribution in [3.63, 3.8) is 0 Å². The van der Waals surface area contributed by atoms with Crippen molar-refractivity contribution < 1.29 is 0 Å². The number of likely N-dealkylation sites (N-methyl/N-ethyl adjacent to an activating group) is 1. The van der Waals surface area contributed by atoms with Gasteiger partial charge in [-0.3, -0.25) is 0 Å². The zero-order valence-electron chi connectivity index (χ0n) is 13.5. The van der Waals surface area contributed by atoms with Crippen LogP contribution in [0.1, 0.15) is 78.6 Å². The third kappa shape index (κ3) is 6.19. The van der Waals surface area contributed by atoms with Crippen molar-refractivity contribution in [3.8, 4) is 0 Å². The van der Waals surface area contributed by atoms with E-state index >= 15 is 0 Å². The van der Waals surface area contributed by atoms with Crippen molar-refractivity contribution in [2.45, 2.75) is 90.1 Å². The number of unbranched alkanes of at least 4 members (excludes halogenated alkanes) is 6. The Morgan fingerprint density at radius 1 is 0.944 bits per heavy atom. The summed E-state index contributed by atoms with van der Waals surface area (Å²) in [7, 11) is 4.29. The Hall–Kier alpha value is -0.0800. The third-order valence-electron chi connectivity index (χ3n) is 4.65. The van der Waals surface area contributed by atoms with Gasteiger partial charge >= 0.3 is 0 Å². The summed E-state index contributed by atoms with van der Waals surface area (Å²) >= 11 is 0. The Balaban J connectivity index is 3.72. The summed E-state index contributed by atoms with van der Waals surface area (Å²) in [5.41, 5.74) is 6.54. The molecule has 0 aliphatic heterocycles. The van der Waals surface area contributed by atoms with Gasteiger partial charge in [0.15, 0.2) is 0 Å². The molecule has 0 amide bonds. The maximum absolute atomic E-state index is 6.38. The standard InChI is InChI=1S/C16H36N2/c1-6-8-9-10-11-12-13-14-15(17)16(3,7-2)18(4)5/h15H,6-14,17H2,1-5H3. The number of nitrogens with zero attached hydrogens (tertiary/aromatic N) is 1. The molecule has 0 heterocycles. The first-order valence-corrected chi connectivity index (χ1v) is 7.92. The molecule has 2 atom stereocenters. The van der Waals surface area contributed by atoms with Crippen LogP contribution in [0, 0.1) is 0 Å². The summed E-state index contributed by atoms with van der Waals surface area (Å²) in [4.78, 5) is 2.29. The van der Waals surface area contributed by atoms with Gasteiger partial charge in [-0.15, -0.1) is 0 Å². The van der Waals surface area contributed by atoms with Gasteiger partial charge in [-0.1, -0.05) is 58.8 Å². The van der Waals surface area contributed by atoms with Crippen LogP contribution in [0.25, 0.3) is 0 Å². The van der Waals surface area contributed by atoms with Gasteiger partial charge in [0.1, 0.15) is 0 Å². The second kappa shape index (κ2) is 9.80. The first-order chi connectivity index (χ1) is 8.49. The van der Waals surface area contributed by atoms with Gasteiger partial charge in [-0.2, -0.15) is 0 Å². The van der Waals surface area contributed by atoms with E-state index in [1.165, 1.54) is 44.9 Å². The molecule has 0 bridgehead atoms. The topological polar surface area (TPSA) is 29.3 Å². The molecule has 0 saturated heterocycles. The molecular weight excluding hydrogens is 220 g/mol. The molecule has 2 heteroatoms. The molecule has 110 valence electrons. The molecule has 0 aromatic carbocycles. The maximum Gasteiger partial charge on any atom is 0.0323 e. The van der Waals surface area contributed by atoms with E-state index < -0.39 is 0 Å². The van der Waals surface area contributed by atoms with E-state index in [9.17, 15) is 0 Å². The predicted octanol–water partition coefficient (Wildman–Crippen LogP) is 4.18. The Morgan fingerprint density at radius 2 is 1.44 bits per heavy atom. The largest absolute Gasteiger partial charge is 0.326 e. The zero-order chi connectivity index (χ0) is 14.0. The Labute approximate surface area is 115 Å². The molecule has 0 rings (SSSR count). The van der Waals surface area contributed by atoms with Gasteiger partial charge in [-0.05, 0) is 33.9 Å². The first-order valence-electron chi connectivity index (χ1n) is 7.92. The molecule has 2 N–H and O–H groups in total. The quantitative estimate of drug-likeness (QED) is 0.562. The van der Waals surface area contributed by atoms with Gasteiger partial charge in [-0.25, -0.2) is 0 Å². The van der Waals surface area contributed by atoms with Crippen LogP contribution < -0.4 is 5.73 Å². The van der Waals surface area contributed by atoms with E-state index in [-0.39, 0.29) is 5.54 Å². The van der Waals surface area contributed by atoms with Crippen LogP contribution >= 0.6 is 0 Å². The van der Waals surface area contributed by atoms with Crippen LogP contribution in [0.15, 0.2) is 0 Å². The Bertz CT molecular complexity index is 192. The number of hydrogen-bond acceptors (Lipinski definition) is 2. The second-order valence-corrected chi connectivity index (χ2v) is 6.12. The van der Waals surface area contributed by atoms with E-state index in [1.54, 1.807) is 0 Å². The van der Waals surface area contributed by atoms with E-state index in [0.29, 0.717) is 6.04 Å². The van der Waals surface area contributed by atoms with E-state index in [0.717, 1.165) is 12.8 Å². The molecule has 0 saturated carbocycles. The normalized spacial score (nSPS) is 16.8. The lowest BCUT2D eigenvalue weighted by molar-refractivity contribution is 0.125. The molecule has 0 fully saturated rings. The smallest absolute Gasteiger partial charge is 0.0323 e. The predicted molar refractivity (Wildman–Crippen MR) is 83.0 cm³/mol. The van der Waals surface area contributed by atoms with Crippen LogP contribution in [0.2, 0.25) is 0 Å². The highest BCUT2D eigenvalue weighted by atomic mass is 15.2. The highest BCUT2D eigenvalue weighted by Gasteiger charge is 2.31. The SMILES string of the molecule is CCCCCCCCCC(N)C(C)(CC)N(C)C. The van der Waals surface area contributed by atoms with E-state index in [2.05, 4.69) is 39.8 Å². The number of rotatable bonds is 11. The fourth-order valence-electron chi connectivity index (χ4n) is 2.54. The number of nitrogens with two attached hydrogens (primary N) is 1.